The first kappa shape index (κ1) is 13.7. The molecule has 0 atom stereocenters. The van der Waals surface area contributed by atoms with Crippen LogP contribution < -0.4 is 11.0 Å². The summed E-state index contributed by atoms with van der Waals surface area (Å²) in [4.78, 5) is 11.9. The third kappa shape index (κ3) is 3.64. The maximum atomic E-state index is 11.9. The molecular formula is C14H18ClN3O. The number of nitrogens with zero attached hydrogens (tertiary/aromatic N) is 2. The summed E-state index contributed by atoms with van der Waals surface area (Å²) in [7, 11) is 0. The zero-order valence-electron chi connectivity index (χ0n) is 11.0. The monoisotopic (exact) mass is 279 g/mol. The van der Waals surface area contributed by atoms with Crippen molar-refractivity contribution in [1.82, 2.24) is 9.13 Å². The highest BCUT2D eigenvalue weighted by molar-refractivity contribution is 6.30. The Balaban J connectivity index is 1.91. The average Bonchev–Trinajstić information content (AvgIpc) is 2.72. The van der Waals surface area contributed by atoms with Crippen molar-refractivity contribution < 1.29 is 0 Å². The minimum Gasteiger partial charge on any atom is -0.383 e. The zero-order chi connectivity index (χ0) is 13.7. The Morgan fingerprint density at radius 1 is 1.21 bits per heavy atom. The molecule has 1 N–H and O–H groups in total. The minimum absolute atomic E-state index is 0.0507. The fourth-order valence-electron chi connectivity index (χ4n) is 1.95. The molecule has 19 heavy (non-hydrogen) atoms. The van der Waals surface area contributed by atoms with Gasteiger partial charge in [0, 0.05) is 42.7 Å². The van der Waals surface area contributed by atoms with Crippen LogP contribution >= 0.6 is 11.6 Å². The standard InChI is InChI=1S/C14H18ClN3O/c1-2-7-17-9-10-18(14(17)19)8-6-16-13-5-3-4-12(15)11-13/h3-5,9-11,16H,2,6-8H2,1H3. The molecule has 0 aliphatic rings. The van der Waals surface area contributed by atoms with Crippen molar-refractivity contribution in [1.29, 1.82) is 0 Å². The molecule has 1 heterocycles. The molecule has 4 nitrogen and oxygen atoms in total. The summed E-state index contributed by atoms with van der Waals surface area (Å²) in [6.07, 6.45) is 4.63. The van der Waals surface area contributed by atoms with Crippen LogP contribution in [-0.4, -0.2) is 15.7 Å². The second kappa shape index (κ2) is 6.48. The molecular weight excluding hydrogens is 262 g/mol. The van der Waals surface area contributed by atoms with Gasteiger partial charge in [0.1, 0.15) is 0 Å². The van der Waals surface area contributed by atoms with E-state index in [2.05, 4.69) is 12.2 Å². The van der Waals surface area contributed by atoms with Gasteiger partial charge in [0.15, 0.2) is 0 Å². The molecule has 0 radical (unpaired) electrons. The van der Waals surface area contributed by atoms with Gasteiger partial charge in [0.25, 0.3) is 0 Å². The van der Waals surface area contributed by atoms with Crippen LogP contribution in [0.4, 0.5) is 5.69 Å². The first-order valence-corrected chi connectivity index (χ1v) is 6.83. The van der Waals surface area contributed by atoms with Gasteiger partial charge in [0.05, 0.1) is 0 Å². The first-order valence-electron chi connectivity index (χ1n) is 6.45. The summed E-state index contributed by atoms with van der Waals surface area (Å²) in [6.45, 7) is 4.16. The maximum Gasteiger partial charge on any atom is 0.328 e. The van der Waals surface area contributed by atoms with Crippen LogP contribution in [0.15, 0.2) is 41.5 Å². The average molecular weight is 280 g/mol. The van der Waals surface area contributed by atoms with Crippen molar-refractivity contribution in [2.45, 2.75) is 26.4 Å². The molecule has 0 bridgehead atoms. The smallest absolute Gasteiger partial charge is 0.328 e. The Kier molecular flexibility index (Phi) is 4.68. The van der Waals surface area contributed by atoms with Gasteiger partial charge in [-0.3, -0.25) is 9.13 Å². The Hall–Kier alpha value is -1.68. The topological polar surface area (TPSA) is 39.0 Å². The summed E-state index contributed by atoms with van der Waals surface area (Å²) in [5, 5.41) is 3.95. The zero-order valence-corrected chi connectivity index (χ0v) is 11.7. The molecule has 0 unspecified atom stereocenters. The van der Waals surface area contributed by atoms with E-state index in [4.69, 9.17) is 11.6 Å². The molecule has 102 valence electrons. The van der Waals surface area contributed by atoms with E-state index in [1.807, 2.05) is 36.7 Å². The summed E-state index contributed by atoms with van der Waals surface area (Å²) in [5.74, 6) is 0. The fraction of sp³-hybridized carbons (Fsp3) is 0.357. The molecule has 0 saturated carbocycles. The third-order valence-corrected chi connectivity index (χ3v) is 3.12. The predicted octanol–water partition coefficient (Wildman–Crippen LogP) is 2.83. The van der Waals surface area contributed by atoms with Crippen molar-refractivity contribution in [2.75, 3.05) is 11.9 Å². The number of halogens is 1. The Morgan fingerprint density at radius 2 is 1.95 bits per heavy atom. The molecule has 0 saturated heterocycles. The second-order valence-electron chi connectivity index (χ2n) is 4.40. The van der Waals surface area contributed by atoms with Gasteiger partial charge in [-0.1, -0.05) is 24.6 Å². The van der Waals surface area contributed by atoms with Gasteiger partial charge in [-0.15, -0.1) is 0 Å². The lowest BCUT2D eigenvalue weighted by Gasteiger charge is -2.06. The Bertz CT molecular complexity index is 588. The number of aromatic nitrogens is 2. The summed E-state index contributed by atoms with van der Waals surface area (Å²) in [6, 6.07) is 7.56. The molecule has 0 amide bonds. The van der Waals surface area contributed by atoms with Crippen LogP contribution in [0.5, 0.6) is 0 Å². The lowest BCUT2D eigenvalue weighted by molar-refractivity contribution is 0.610. The lowest BCUT2D eigenvalue weighted by Crippen LogP contribution is -2.26. The van der Waals surface area contributed by atoms with Gasteiger partial charge in [-0.2, -0.15) is 0 Å². The molecule has 0 fully saturated rings. The predicted molar refractivity (Wildman–Crippen MR) is 78.9 cm³/mol. The quantitative estimate of drug-likeness (QED) is 0.883. The van der Waals surface area contributed by atoms with Crippen LogP contribution in [0.1, 0.15) is 13.3 Å². The molecule has 1 aromatic heterocycles. The number of hydrogen-bond acceptors (Lipinski definition) is 2. The van der Waals surface area contributed by atoms with Crippen LogP contribution in [0.25, 0.3) is 0 Å². The SMILES string of the molecule is CCCn1ccn(CCNc2cccc(Cl)c2)c1=O. The highest BCUT2D eigenvalue weighted by Crippen LogP contribution is 2.14. The Labute approximate surface area is 117 Å². The van der Waals surface area contributed by atoms with Crippen LogP contribution in [0.2, 0.25) is 5.02 Å². The van der Waals surface area contributed by atoms with E-state index in [1.165, 1.54) is 0 Å². The van der Waals surface area contributed by atoms with Crippen LogP contribution in [0.3, 0.4) is 0 Å². The van der Waals surface area contributed by atoms with Crippen molar-refractivity contribution in [2.24, 2.45) is 0 Å². The van der Waals surface area contributed by atoms with E-state index in [0.717, 1.165) is 18.7 Å². The van der Waals surface area contributed by atoms with E-state index in [-0.39, 0.29) is 5.69 Å². The van der Waals surface area contributed by atoms with Gasteiger partial charge < -0.3 is 5.32 Å². The third-order valence-electron chi connectivity index (χ3n) is 2.89. The lowest BCUT2D eigenvalue weighted by atomic mass is 10.3. The van der Waals surface area contributed by atoms with Gasteiger partial charge >= 0.3 is 5.69 Å². The number of benzene rings is 1. The van der Waals surface area contributed by atoms with Crippen molar-refractivity contribution >= 4 is 17.3 Å². The van der Waals surface area contributed by atoms with E-state index in [1.54, 1.807) is 9.13 Å². The van der Waals surface area contributed by atoms with E-state index in [9.17, 15) is 4.79 Å². The van der Waals surface area contributed by atoms with Gasteiger partial charge in [-0.05, 0) is 24.6 Å². The molecule has 2 aromatic rings. The molecule has 1 aromatic carbocycles. The highest BCUT2D eigenvalue weighted by Gasteiger charge is 2.01. The van der Waals surface area contributed by atoms with Crippen molar-refractivity contribution in [3.8, 4) is 0 Å². The minimum atomic E-state index is 0.0507. The maximum absolute atomic E-state index is 11.9. The largest absolute Gasteiger partial charge is 0.383 e. The van der Waals surface area contributed by atoms with E-state index in [0.29, 0.717) is 18.1 Å². The second-order valence-corrected chi connectivity index (χ2v) is 4.84. The molecule has 5 heteroatoms. The number of aryl methyl sites for hydroxylation is 1. The number of imidazole rings is 1. The summed E-state index contributed by atoms with van der Waals surface area (Å²) < 4.78 is 3.45. The van der Waals surface area contributed by atoms with E-state index >= 15 is 0 Å². The molecule has 0 aliphatic heterocycles. The van der Waals surface area contributed by atoms with Crippen LogP contribution in [0, 0.1) is 0 Å². The number of rotatable bonds is 6. The molecule has 2 rings (SSSR count). The van der Waals surface area contributed by atoms with Crippen molar-refractivity contribution in [3.05, 3.63) is 52.2 Å². The van der Waals surface area contributed by atoms with E-state index < -0.39 is 0 Å². The highest BCUT2D eigenvalue weighted by atomic mass is 35.5. The Morgan fingerprint density at radius 3 is 2.63 bits per heavy atom. The van der Waals surface area contributed by atoms with Crippen molar-refractivity contribution in [3.63, 3.8) is 0 Å². The van der Waals surface area contributed by atoms with Crippen LogP contribution in [-0.2, 0) is 13.1 Å². The first-order chi connectivity index (χ1) is 9.20. The number of anilines is 1. The number of hydrogen-bond donors (Lipinski definition) is 1. The van der Waals surface area contributed by atoms with Gasteiger partial charge in [0.2, 0.25) is 0 Å². The summed E-state index contributed by atoms with van der Waals surface area (Å²) in [5.41, 5.74) is 1.02. The molecule has 0 spiro atoms. The fourth-order valence-corrected chi connectivity index (χ4v) is 2.14. The molecule has 0 aliphatic carbocycles. The number of nitrogens with one attached hydrogen (secondary N) is 1. The normalized spacial score (nSPS) is 10.6. The van der Waals surface area contributed by atoms with Gasteiger partial charge in [-0.25, -0.2) is 4.79 Å². The summed E-state index contributed by atoms with van der Waals surface area (Å²) >= 11 is 5.91.